The molecule has 80 valence electrons. The van der Waals surface area contributed by atoms with Gasteiger partial charge in [0, 0.05) is 16.6 Å². The Labute approximate surface area is 99.7 Å². The van der Waals surface area contributed by atoms with Crippen LogP contribution in [0.5, 0.6) is 0 Å². The quantitative estimate of drug-likeness (QED) is 0.820. The van der Waals surface area contributed by atoms with E-state index in [1.165, 1.54) is 18.4 Å². The van der Waals surface area contributed by atoms with Crippen LogP contribution in [0, 0.1) is 0 Å². The van der Waals surface area contributed by atoms with Crippen molar-refractivity contribution in [1.29, 1.82) is 0 Å². The number of rotatable bonds is 3. The first kappa shape index (κ1) is 10.9. The van der Waals surface area contributed by atoms with Crippen LogP contribution in [0.2, 0.25) is 0 Å². The minimum atomic E-state index is 0.424. The normalized spacial score (nSPS) is 18.3. The number of benzene rings is 1. The fourth-order valence-electron chi connectivity index (χ4n) is 1.98. The molecule has 1 nitrogen and oxygen atoms in total. The van der Waals surface area contributed by atoms with E-state index in [-0.39, 0.29) is 0 Å². The van der Waals surface area contributed by atoms with Crippen LogP contribution < -0.4 is 5.32 Å². The largest absolute Gasteiger partial charge is 0.307 e. The molecule has 2 heteroatoms. The smallest absolute Gasteiger partial charge is 0.0294 e. The molecule has 2 rings (SSSR count). The summed E-state index contributed by atoms with van der Waals surface area (Å²) >= 11 is 3.50. The number of hydrogen-bond acceptors (Lipinski definition) is 1. The first-order chi connectivity index (χ1) is 7.25. The molecular formula is C13H16BrN. The zero-order valence-corrected chi connectivity index (χ0v) is 10.5. The van der Waals surface area contributed by atoms with Crippen LogP contribution >= 0.6 is 15.9 Å². The SMILES string of the molecule is CC(NC1CC=CC1)c1cccc(Br)c1. The van der Waals surface area contributed by atoms with Crippen LogP contribution in [0.3, 0.4) is 0 Å². The predicted octanol–water partition coefficient (Wildman–Crippen LogP) is 3.82. The molecule has 0 amide bonds. The summed E-state index contributed by atoms with van der Waals surface area (Å²) in [5, 5.41) is 3.64. The van der Waals surface area contributed by atoms with Gasteiger partial charge in [0.15, 0.2) is 0 Å². The maximum Gasteiger partial charge on any atom is 0.0294 e. The second kappa shape index (κ2) is 4.95. The molecule has 0 aromatic heterocycles. The van der Waals surface area contributed by atoms with E-state index in [2.05, 4.69) is 64.6 Å². The van der Waals surface area contributed by atoms with E-state index < -0.39 is 0 Å². The molecule has 15 heavy (non-hydrogen) atoms. The molecule has 0 radical (unpaired) electrons. The lowest BCUT2D eigenvalue weighted by molar-refractivity contribution is 0.471. The summed E-state index contributed by atoms with van der Waals surface area (Å²) in [5.74, 6) is 0. The van der Waals surface area contributed by atoms with Crippen LogP contribution in [0.1, 0.15) is 31.4 Å². The summed E-state index contributed by atoms with van der Waals surface area (Å²) in [5.41, 5.74) is 1.34. The molecule has 0 fully saturated rings. The van der Waals surface area contributed by atoms with Gasteiger partial charge in [0.25, 0.3) is 0 Å². The van der Waals surface area contributed by atoms with E-state index in [9.17, 15) is 0 Å². The van der Waals surface area contributed by atoms with Crippen LogP contribution in [0.15, 0.2) is 40.9 Å². The number of nitrogens with one attached hydrogen (secondary N) is 1. The molecule has 0 heterocycles. The zero-order chi connectivity index (χ0) is 10.7. The first-order valence-electron chi connectivity index (χ1n) is 5.42. The highest BCUT2D eigenvalue weighted by molar-refractivity contribution is 9.10. The minimum Gasteiger partial charge on any atom is -0.307 e. The second-order valence-corrected chi connectivity index (χ2v) is 5.00. The van der Waals surface area contributed by atoms with E-state index in [0.29, 0.717) is 12.1 Å². The summed E-state index contributed by atoms with van der Waals surface area (Å²) in [6, 6.07) is 9.55. The van der Waals surface area contributed by atoms with Crippen molar-refractivity contribution < 1.29 is 0 Å². The van der Waals surface area contributed by atoms with Crippen molar-refractivity contribution in [3.05, 3.63) is 46.5 Å². The average Bonchev–Trinajstić information content (AvgIpc) is 2.70. The molecule has 0 aliphatic heterocycles. The lowest BCUT2D eigenvalue weighted by Crippen LogP contribution is -2.29. The molecule has 1 aliphatic carbocycles. The Morgan fingerprint density at radius 1 is 1.33 bits per heavy atom. The molecule has 1 N–H and O–H groups in total. The van der Waals surface area contributed by atoms with Crippen molar-refractivity contribution in [2.45, 2.75) is 31.8 Å². The van der Waals surface area contributed by atoms with Crippen molar-refractivity contribution in [3.63, 3.8) is 0 Å². The van der Waals surface area contributed by atoms with E-state index in [4.69, 9.17) is 0 Å². The highest BCUT2D eigenvalue weighted by Crippen LogP contribution is 2.20. The van der Waals surface area contributed by atoms with Gasteiger partial charge in [-0.2, -0.15) is 0 Å². The van der Waals surface area contributed by atoms with Crippen molar-refractivity contribution in [2.75, 3.05) is 0 Å². The molecule has 1 atom stereocenters. The lowest BCUT2D eigenvalue weighted by Gasteiger charge is -2.19. The minimum absolute atomic E-state index is 0.424. The first-order valence-corrected chi connectivity index (χ1v) is 6.21. The maximum atomic E-state index is 3.64. The fourth-order valence-corrected chi connectivity index (χ4v) is 2.40. The third kappa shape index (κ3) is 2.93. The van der Waals surface area contributed by atoms with Crippen LogP contribution in [-0.4, -0.2) is 6.04 Å². The van der Waals surface area contributed by atoms with Crippen LogP contribution in [-0.2, 0) is 0 Å². The lowest BCUT2D eigenvalue weighted by atomic mass is 10.1. The topological polar surface area (TPSA) is 12.0 Å². The van der Waals surface area contributed by atoms with Crippen molar-refractivity contribution in [3.8, 4) is 0 Å². The Morgan fingerprint density at radius 2 is 2.07 bits per heavy atom. The van der Waals surface area contributed by atoms with E-state index in [0.717, 1.165) is 4.47 Å². The van der Waals surface area contributed by atoms with Gasteiger partial charge in [-0.05, 0) is 37.5 Å². The molecule has 1 unspecified atom stereocenters. The van der Waals surface area contributed by atoms with Gasteiger partial charge in [0.2, 0.25) is 0 Å². The van der Waals surface area contributed by atoms with Gasteiger partial charge < -0.3 is 5.32 Å². The van der Waals surface area contributed by atoms with Gasteiger partial charge >= 0.3 is 0 Å². The van der Waals surface area contributed by atoms with Gasteiger partial charge in [-0.3, -0.25) is 0 Å². The van der Waals surface area contributed by atoms with Gasteiger partial charge in [0.1, 0.15) is 0 Å². The maximum absolute atomic E-state index is 3.64. The second-order valence-electron chi connectivity index (χ2n) is 4.08. The Morgan fingerprint density at radius 3 is 2.73 bits per heavy atom. The Balaban J connectivity index is 1.98. The molecule has 0 saturated carbocycles. The van der Waals surface area contributed by atoms with Crippen LogP contribution in [0.4, 0.5) is 0 Å². The van der Waals surface area contributed by atoms with Crippen molar-refractivity contribution in [2.24, 2.45) is 0 Å². The van der Waals surface area contributed by atoms with Gasteiger partial charge in [-0.25, -0.2) is 0 Å². The molecule has 0 spiro atoms. The number of hydrogen-bond donors (Lipinski definition) is 1. The van der Waals surface area contributed by atoms with Gasteiger partial charge in [-0.1, -0.05) is 40.2 Å². The van der Waals surface area contributed by atoms with Gasteiger partial charge in [-0.15, -0.1) is 0 Å². The summed E-state index contributed by atoms with van der Waals surface area (Å²) in [7, 11) is 0. The monoisotopic (exact) mass is 265 g/mol. The highest BCUT2D eigenvalue weighted by Gasteiger charge is 2.13. The Kier molecular flexibility index (Phi) is 3.60. The standard InChI is InChI=1S/C13H16BrN/c1-10(15-13-7-2-3-8-13)11-5-4-6-12(14)9-11/h2-6,9-10,13,15H,7-8H2,1H3. The highest BCUT2D eigenvalue weighted by atomic mass is 79.9. The van der Waals surface area contributed by atoms with E-state index in [1.54, 1.807) is 0 Å². The van der Waals surface area contributed by atoms with Crippen LogP contribution in [0.25, 0.3) is 0 Å². The summed E-state index contributed by atoms with van der Waals surface area (Å²) in [6.45, 7) is 2.22. The third-order valence-electron chi connectivity index (χ3n) is 2.84. The predicted molar refractivity (Wildman–Crippen MR) is 67.9 cm³/mol. The van der Waals surface area contributed by atoms with E-state index in [1.807, 2.05) is 0 Å². The molecule has 1 aromatic rings. The fraction of sp³-hybridized carbons (Fsp3) is 0.385. The van der Waals surface area contributed by atoms with E-state index >= 15 is 0 Å². The Bertz CT molecular complexity index is 351. The number of halogens is 1. The van der Waals surface area contributed by atoms with Crippen molar-refractivity contribution in [1.82, 2.24) is 5.32 Å². The molecule has 1 aromatic carbocycles. The van der Waals surface area contributed by atoms with Crippen molar-refractivity contribution >= 4 is 15.9 Å². The molecule has 0 bridgehead atoms. The zero-order valence-electron chi connectivity index (χ0n) is 8.91. The average molecular weight is 266 g/mol. The summed E-state index contributed by atoms with van der Waals surface area (Å²) in [4.78, 5) is 0. The van der Waals surface area contributed by atoms with Gasteiger partial charge in [0.05, 0.1) is 0 Å². The molecular weight excluding hydrogens is 250 g/mol. The molecule has 1 aliphatic rings. The Hall–Kier alpha value is -0.600. The summed E-state index contributed by atoms with van der Waals surface area (Å²) < 4.78 is 1.15. The third-order valence-corrected chi connectivity index (χ3v) is 3.34. The molecule has 0 saturated heterocycles. The summed E-state index contributed by atoms with van der Waals surface area (Å²) in [6.07, 6.45) is 6.84.